The molecule has 2 N–H and O–H groups in total. The van der Waals surface area contributed by atoms with Crippen LogP contribution in [0.3, 0.4) is 0 Å². The van der Waals surface area contributed by atoms with E-state index in [9.17, 15) is 4.79 Å². The summed E-state index contributed by atoms with van der Waals surface area (Å²) in [6, 6.07) is 3.82. The number of thiophene rings is 2. The zero-order chi connectivity index (χ0) is 13.0. The molecule has 0 fully saturated rings. The van der Waals surface area contributed by atoms with Crippen LogP contribution in [0.25, 0.3) is 0 Å². The minimum Gasteiger partial charge on any atom is -0.396 e. The molecular formula is C13H15NO2S2. The molecule has 5 heteroatoms. The molecule has 0 radical (unpaired) electrons. The molecule has 3 nitrogen and oxygen atoms in total. The number of aliphatic hydroxyl groups is 1. The van der Waals surface area contributed by atoms with Crippen molar-refractivity contribution in [2.75, 3.05) is 6.61 Å². The van der Waals surface area contributed by atoms with Gasteiger partial charge in [-0.1, -0.05) is 6.07 Å². The number of amides is 1. The quantitative estimate of drug-likeness (QED) is 0.885. The van der Waals surface area contributed by atoms with E-state index in [0.717, 1.165) is 16.0 Å². The summed E-state index contributed by atoms with van der Waals surface area (Å²) >= 11 is 3.12. The van der Waals surface area contributed by atoms with Gasteiger partial charge in [0.05, 0.1) is 11.6 Å². The molecule has 2 heterocycles. The summed E-state index contributed by atoms with van der Waals surface area (Å²) in [4.78, 5) is 13.2. The van der Waals surface area contributed by atoms with Gasteiger partial charge >= 0.3 is 0 Å². The molecular weight excluding hydrogens is 266 g/mol. The smallest absolute Gasteiger partial charge is 0.252 e. The maximum atomic E-state index is 12.1. The molecule has 0 aromatic carbocycles. The summed E-state index contributed by atoms with van der Waals surface area (Å²) in [5.74, 6) is -0.0689. The van der Waals surface area contributed by atoms with Crippen molar-refractivity contribution in [3.05, 3.63) is 44.3 Å². The van der Waals surface area contributed by atoms with E-state index < -0.39 is 0 Å². The Labute approximate surface area is 114 Å². The van der Waals surface area contributed by atoms with Crippen LogP contribution in [0, 0.1) is 6.92 Å². The molecule has 96 valence electrons. The first-order valence-electron chi connectivity index (χ1n) is 5.70. The molecule has 0 aliphatic rings. The minimum atomic E-state index is -0.109. The van der Waals surface area contributed by atoms with Gasteiger partial charge in [0.1, 0.15) is 0 Å². The molecule has 0 saturated carbocycles. The predicted molar refractivity (Wildman–Crippen MR) is 75.3 cm³/mol. The van der Waals surface area contributed by atoms with E-state index in [-0.39, 0.29) is 18.6 Å². The molecule has 0 aliphatic carbocycles. The molecule has 0 spiro atoms. The highest BCUT2D eigenvalue weighted by Gasteiger charge is 2.17. The molecule has 18 heavy (non-hydrogen) atoms. The first kappa shape index (κ1) is 13.3. The Morgan fingerprint density at radius 2 is 2.33 bits per heavy atom. The van der Waals surface area contributed by atoms with Gasteiger partial charge in [0, 0.05) is 16.9 Å². The van der Waals surface area contributed by atoms with E-state index in [0.29, 0.717) is 6.42 Å². The van der Waals surface area contributed by atoms with E-state index in [1.54, 1.807) is 11.3 Å². The summed E-state index contributed by atoms with van der Waals surface area (Å²) in [7, 11) is 0. The molecule has 2 aromatic heterocycles. The van der Waals surface area contributed by atoms with Gasteiger partial charge < -0.3 is 10.4 Å². The van der Waals surface area contributed by atoms with Crippen LogP contribution >= 0.6 is 22.7 Å². The van der Waals surface area contributed by atoms with E-state index in [4.69, 9.17) is 5.11 Å². The molecule has 0 bridgehead atoms. The fourth-order valence-corrected chi connectivity index (χ4v) is 3.37. The third-order valence-electron chi connectivity index (χ3n) is 2.71. The standard InChI is InChI=1S/C13H15NO2S2/c1-9-7-17-8-10(9)13(16)14-11(4-5-15)12-3-2-6-18-12/h2-3,6-8,11,15H,4-5H2,1H3,(H,14,16). The van der Waals surface area contributed by atoms with Gasteiger partial charge in [-0.2, -0.15) is 11.3 Å². The van der Waals surface area contributed by atoms with Gasteiger partial charge in [-0.15, -0.1) is 11.3 Å². The fraction of sp³-hybridized carbons (Fsp3) is 0.308. The zero-order valence-corrected chi connectivity index (χ0v) is 11.7. The number of carbonyl (C=O) groups is 1. The summed E-state index contributed by atoms with van der Waals surface area (Å²) in [6.45, 7) is 1.99. The Morgan fingerprint density at radius 3 is 2.89 bits per heavy atom. The molecule has 2 rings (SSSR count). The first-order chi connectivity index (χ1) is 8.72. The summed E-state index contributed by atoms with van der Waals surface area (Å²) < 4.78 is 0. The second kappa shape index (κ2) is 6.13. The number of rotatable bonds is 5. The Bertz CT molecular complexity index is 505. The highest BCUT2D eigenvalue weighted by Crippen LogP contribution is 2.23. The normalized spacial score (nSPS) is 12.3. The molecule has 1 amide bonds. The van der Waals surface area contributed by atoms with Gasteiger partial charge in [-0.25, -0.2) is 0 Å². The maximum Gasteiger partial charge on any atom is 0.252 e. The SMILES string of the molecule is Cc1cscc1C(=O)NC(CCO)c1cccs1. The van der Waals surface area contributed by atoms with Crippen LogP contribution in [0.1, 0.15) is 33.3 Å². The van der Waals surface area contributed by atoms with Crippen molar-refractivity contribution in [3.8, 4) is 0 Å². The molecule has 0 saturated heterocycles. The van der Waals surface area contributed by atoms with Crippen molar-refractivity contribution in [2.45, 2.75) is 19.4 Å². The zero-order valence-electron chi connectivity index (χ0n) is 10.1. The molecule has 2 aromatic rings. The minimum absolute atomic E-state index is 0.0610. The van der Waals surface area contributed by atoms with Crippen LogP contribution in [0.5, 0.6) is 0 Å². The van der Waals surface area contributed by atoms with Gasteiger partial charge in [-0.05, 0) is 35.7 Å². The van der Waals surface area contributed by atoms with E-state index in [2.05, 4.69) is 5.32 Å². The van der Waals surface area contributed by atoms with Crippen LogP contribution in [-0.4, -0.2) is 17.6 Å². The van der Waals surface area contributed by atoms with Gasteiger partial charge in [0.2, 0.25) is 0 Å². The molecule has 1 atom stereocenters. The lowest BCUT2D eigenvalue weighted by molar-refractivity contribution is 0.0930. The summed E-state index contributed by atoms with van der Waals surface area (Å²) in [5.41, 5.74) is 1.71. The summed E-state index contributed by atoms with van der Waals surface area (Å²) in [5, 5.41) is 17.9. The molecule has 1 unspecified atom stereocenters. The Kier molecular flexibility index (Phi) is 4.52. The van der Waals surface area contributed by atoms with Crippen molar-refractivity contribution >= 4 is 28.6 Å². The van der Waals surface area contributed by atoms with Crippen molar-refractivity contribution in [2.24, 2.45) is 0 Å². The van der Waals surface area contributed by atoms with Crippen LogP contribution in [-0.2, 0) is 0 Å². The number of hydrogen-bond acceptors (Lipinski definition) is 4. The van der Waals surface area contributed by atoms with Crippen molar-refractivity contribution in [1.29, 1.82) is 0 Å². The third-order valence-corrected chi connectivity index (χ3v) is 4.56. The maximum absolute atomic E-state index is 12.1. The van der Waals surface area contributed by atoms with Crippen LogP contribution in [0.2, 0.25) is 0 Å². The number of aryl methyl sites for hydroxylation is 1. The monoisotopic (exact) mass is 281 g/mol. The van der Waals surface area contributed by atoms with Crippen molar-refractivity contribution in [1.82, 2.24) is 5.32 Å². The van der Waals surface area contributed by atoms with E-state index in [1.807, 2.05) is 35.2 Å². The second-order valence-corrected chi connectivity index (χ2v) is 5.75. The number of hydrogen-bond donors (Lipinski definition) is 2. The number of carbonyl (C=O) groups excluding carboxylic acids is 1. The highest BCUT2D eigenvalue weighted by molar-refractivity contribution is 7.10. The number of aliphatic hydroxyl groups excluding tert-OH is 1. The largest absolute Gasteiger partial charge is 0.396 e. The lowest BCUT2D eigenvalue weighted by Crippen LogP contribution is -2.28. The average Bonchev–Trinajstić information content (AvgIpc) is 2.98. The first-order valence-corrected chi connectivity index (χ1v) is 7.52. The lowest BCUT2D eigenvalue weighted by atomic mass is 10.1. The molecule has 0 aliphatic heterocycles. The van der Waals surface area contributed by atoms with Gasteiger partial charge in [0.25, 0.3) is 5.91 Å². The van der Waals surface area contributed by atoms with Crippen molar-refractivity contribution < 1.29 is 9.90 Å². The Hall–Kier alpha value is -1.17. The number of nitrogens with one attached hydrogen (secondary N) is 1. The van der Waals surface area contributed by atoms with Gasteiger partial charge in [-0.3, -0.25) is 4.79 Å². The Morgan fingerprint density at radius 1 is 1.50 bits per heavy atom. The fourth-order valence-electron chi connectivity index (χ4n) is 1.73. The highest BCUT2D eigenvalue weighted by atomic mass is 32.1. The van der Waals surface area contributed by atoms with Crippen LogP contribution < -0.4 is 5.32 Å². The van der Waals surface area contributed by atoms with Crippen LogP contribution in [0.4, 0.5) is 0 Å². The Balaban J connectivity index is 2.10. The van der Waals surface area contributed by atoms with E-state index in [1.165, 1.54) is 11.3 Å². The van der Waals surface area contributed by atoms with Gasteiger partial charge in [0.15, 0.2) is 0 Å². The average molecular weight is 281 g/mol. The second-order valence-electron chi connectivity index (χ2n) is 4.02. The topological polar surface area (TPSA) is 49.3 Å². The third kappa shape index (κ3) is 2.98. The van der Waals surface area contributed by atoms with Crippen LogP contribution in [0.15, 0.2) is 28.3 Å². The predicted octanol–water partition coefficient (Wildman–Crippen LogP) is 2.97. The summed E-state index contributed by atoms with van der Waals surface area (Å²) in [6.07, 6.45) is 0.537. The van der Waals surface area contributed by atoms with E-state index >= 15 is 0 Å². The lowest BCUT2D eigenvalue weighted by Gasteiger charge is -2.16. The van der Waals surface area contributed by atoms with Crippen molar-refractivity contribution in [3.63, 3.8) is 0 Å².